The lowest BCUT2D eigenvalue weighted by atomic mass is 10.2. The topological polar surface area (TPSA) is 20.3 Å². The van der Waals surface area contributed by atoms with Gasteiger partial charge < -0.3 is 0 Å². The Morgan fingerprint density at radius 3 is 2.59 bits per heavy atom. The van der Waals surface area contributed by atoms with Crippen LogP contribution < -0.4 is 4.90 Å². The van der Waals surface area contributed by atoms with Gasteiger partial charge in [-0.1, -0.05) is 48.2 Å². The molecule has 1 saturated heterocycles. The van der Waals surface area contributed by atoms with E-state index in [0.29, 0.717) is 10.5 Å². The van der Waals surface area contributed by atoms with Crippen molar-refractivity contribution < 1.29 is 13.6 Å². The summed E-state index contributed by atoms with van der Waals surface area (Å²) in [6.07, 6.45) is 1.54. The Kier molecular flexibility index (Phi) is 4.04. The Hall–Kier alpha value is -2.05. The van der Waals surface area contributed by atoms with E-state index in [-0.39, 0.29) is 10.0 Å². The Balaban J connectivity index is 1.97. The normalized spacial score (nSPS) is 16.6. The lowest BCUT2D eigenvalue weighted by Gasteiger charge is -2.14. The van der Waals surface area contributed by atoms with Crippen LogP contribution in [0.4, 0.5) is 14.5 Å². The summed E-state index contributed by atoms with van der Waals surface area (Å²) in [7, 11) is 0. The number of rotatable bonds is 2. The quantitative estimate of drug-likeness (QED) is 0.601. The van der Waals surface area contributed by atoms with Gasteiger partial charge in [0.05, 0.1) is 10.6 Å². The second-order valence-corrected chi connectivity index (χ2v) is 6.20. The Bertz CT molecular complexity index is 804. The number of anilines is 1. The van der Waals surface area contributed by atoms with E-state index >= 15 is 0 Å². The maximum absolute atomic E-state index is 13.9. The number of hydrogen-bond acceptors (Lipinski definition) is 3. The molecule has 0 bridgehead atoms. The molecule has 110 valence electrons. The summed E-state index contributed by atoms with van der Waals surface area (Å²) < 4.78 is 27.3. The van der Waals surface area contributed by atoms with Gasteiger partial charge in [0.15, 0.2) is 4.32 Å². The molecule has 6 heteroatoms. The van der Waals surface area contributed by atoms with E-state index < -0.39 is 17.5 Å². The number of para-hydroxylation sites is 1. The van der Waals surface area contributed by atoms with Crippen LogP contribution in [0.5, 0.6) is 0 Å². The summed E-state index contributed by atoms with van der Waals surface area (Å²) in [5.74, 6) is -1.33. The molecular formula is C16H9F2NOS2. The van der Waals surface area contributed by atoms with Crippen LogP contribution in [0.2, 0.25) is 0 Å². The van der Waals surface area contributed by atoms with Crippen LogP contribution in [-0.4, -0.2) is 10.2 Å². The molecule has 1 fully saturated rings. The van der Waals surface area contributed by atoms with Gasteiger partial charge in [-0.25, -0.2) is 8.78 Å². The van der Waals surface area contributed by atoms with Gasteiger partial charge in [0.25, 0.3) is 5.91 Å². The summed E-state index contributed by atoms with van der Waals surface area (Å²) in [5.41, 5.74) is 0.668. The molecule has 2 aromatic rings. The van der Waals surface area contributed by atoms with Crippen molar-refractivity contribution >= 4 is 46.0 Å². The van der Waals surface area contributed by atoms with Gasteiger partial charge in [0, 0.05) is 0 Å². The predicted octanol–water partition coefficient (Wildman–Crippen LogP) is 4.37. The number of thiocarbonyl (C=S) groups is 1. The van der Waals surface area contributed by atoms with Crippen molar-refractivity contribution in [2.24, 2.45) is 0 Å². The molecule has 0 atom stereocenters. The van der Waals surface area contributed by atoms with Crippen molar-refractivity contribution in [3.05, 3.63) is 70.6 Å². The zero-order chi connectivity index (χ0) is 15.7. The lowest BCUT2D eigenvalue weighted by Crippen LogP contribution is -2.28. The molecule has 3 rings (SSSR count). The maximum atomic E-state index is 13.9. The highest BCUT2D eigenvalue weighted by Crippen LogP contribution is 2.36. The van der Waals surface area contributed by atoms with Gasteiger partial charge in [0.2, 0.25) is 0 Å². The number of amides is 1. The third-order valence-corrected chi connectivity index (χ3v) is 4.34. The first-order chi connectivity index (χ1) is 10.6. The van der Waals surface area contributed by atoms with Crippen LogP contribution in [0.1, 0.15) is 5.56 Å². The molecule has 0 unspecified atom stereocenters. The van der Waals surface area contributed by atoms with Crippen molar-refractivity contribution in [3.63, 3.8) is 0 Å². The SMILES string of the molecule is O=C1/C(=C\c2cccc(F)c2)SC(=S)N1c1ccccc1F. The number of carbonyl (C=O) groups is 1. The van der Waals surface area contributed by atoms with Gasteiger partial charge in [-0.15, -0.1) is 0 Å². The van der Waals surface area contributed by atoms with E-state index in [9.17, 15) is 13.6 Å². The van der Waals surface area contributed by atoms with Crippen molar-refractivity contribution in [2.75, 3.05) is 4.90 Å². The molecule has 2 aromatic carbocycles. The molecule has 2 nitrogen and oxygen atoms in total. The zero-order valence-corrected chi connectivity index (χ0v) is 12.8. The Morgan fingerprint density at radius 1 is 1.09 bits per heavy atom. The van der Waals surface area contributed by atoms with Crippen LogP contribution in [-0.2, 0) is 4.79 Å². The Morgan fingerprint density at radius 2 is 1.86 bits per heavy atom. The van der Waals surface area contributed by atoms with E-state index in [1.165, 1.54) is 24.3 Å². The zero-order valence-electron chi connectivity index (χ0n) is 11.1. The maximum Gasteiger partial charge on any atom is 0.270 e. The molecule has 1 aliphatic rings. The summed E-state index contributed by atoms with van der Waals surface area (Å²) in [5, 5.41) is 0. The van der Waals surface area contributed by atoms with Crippen LogP contribution >= 0.6 is 24.0 Å². The van der Waals surface area contributed by atoms with Crippen LogP contribution in [0, 0.1) is 11.6 Å². The third-order valence-electron chi connectivity index (χ3n) is 3.03. The molecule has 0 radical (unpaired) electrons. The third kappa shape index (κ3) is 2.80. The number of nitrogens with zero attached hydrogens (tertiary/aromatic N) is 1. The van der Waals surface area contributed by atoms with Crippen LogP contribution in [0.3, 0.4) is 0 Å². The van der Waals surface area contributed by atoms with Gasteiger partial charge in [-0.2, -0.15) is 0 Å². The fraction of sp³-hybridized carbons (Fsp3) is 0. The fourth-order valence-electron chi connectivity index (χ4n) is 2.06. The predicted molar refractivity (Wildman–Crippen MR) is 88.5 cm³/mol. The van der Waals surface area contributed by atoms with E-state index in [4.69, 9.17) is 12.2 Å². The lowest BCUT2D eigenvalue weighted by molar-refractivity contribution is -0.113. The van der Waals surface area contributed by atoms with Crippen LogP contribution in [0.15, 0.2) is 53.4 Å². The summed E-state index contributed by atoms with van der Waals surface area (Å²) in [6.45, 7) is 0. The number of thioether (sulfide) groups is 1. The molecule has 1 aliphatic heterocycles. The standard InChI is InChI=1S/C16H9F2NOS2/c17-11-5-3-4-10(8-11)9-14-15(20)19(16(21)22-14)13-7-2-1-6-12(13)18/h1-9H/b14-9+. The van der Waals surface area contributed by atoms with Gasteiger partial charge >= 0.3 is 0 Å². The van der Waals surface area contributed by atoms with Crippen molar-refractivity contribution in [1.29, 1.82) is 0 Å². The molecule has 0 N–H and O–H groups in total. The van der Waals surface area contributed by atoms with Gasteiger partial charge in [0.1, 0.15) is 11.6 Å². The second kappa shape index (κ2) is 5.98. The minimum atomic E-state index is -0.522. The van der Waals surface area contributed by atoms with Crippen molar-refractivity contribution in [1.82, 2.24) is 0 Å². The molecule has 0 saturated carbocycles. The smallest absolute Gasteiger partial charge is 0.268 e. The molecule has 1 amide bonds. The second-order valence-electron chi connectivity index (χ2n) is 4.52. The number of carbonyl (C=O) groups excluding carboxylic acids is 1. The Labute approximate surface area is 135 Å². The van der Waals surface area contributed by atoms with Gasteiger partial charge in [-0.3, -0.25) is 9.69 Å². The van der Waals surface area contributed by atoms with E-state index in [1.807, 2.05) is 0 Å². The first-order valence-corrected chi connectivity index (χ1v) is 7.57. The highest BCUT2D eigenvalue weighted by atomic mass is 32.2. The summed E-state index contributed by atoms with van der Waals surface area (Å²) in [6, 6.07) is 11.8. The first kappa shape index (κ1) is 14.9. The minimum absolute atomic E-state index is 0.118. The van der Waals surface area contributed by atoms with Crippen LogP contribution in [0.25, 0.3) is 6.08 Å². The van der Waals surface area contributed by atoms with E-state index in [1.54, 1.807) is 30.3 Å². The largest absolute Gasteiger partial charge is 0.270 e. The monoisotopic (exact) mass is 333 g/mol. The number of hydrogen-bond donors (Lipinski definition) is 0. The highest BCUT2D eigenvalue weighted by Gasteiger charge is 2.34. The van der Waals surface area contributed by atoms with Crippen molar-refractivity contribution in [3.8, 4) is 0 Å². The minimum Gasteiger partial charge on any atom is -0.268 e. The summed E-state index contributed by atoms with van der Waals surface area (Å²) in [4.78, 5) is 13.9. The molecule has 0 aromatic heterocycles. The van der Waals surface area contributed by atoms with Gasteiger partial charge in [-0.05, 0) is 35.9 Å². The van der Waals surface area contributed by atoms with E-state index in [2.05, 4.69) is 0 Å². The number of benzene rings is 2. The average molecular weight is 333 g/mol. The first-order valence-electron chi connectivity index (χ1n) is 6.34. The average Bonchev–Trinajstić information content (AvgIpc) is 2.74. The van der Waals surface area contributed by atoms with Crippen molar-refractivity contribution in [2.45, 2.75) is 0 Å². The summed E-state index contributed by atoms with van der Waals surface area (Å²) >= 11 is 6.23. The highest BCUT2D eigenvalue weighted by molar-refractivity contribution is 8.27. The molecule has 1 heterocycles. The molecule has 0 aliphatic carbocycles. The molecular weight excluding hydrogens is 324 g/mol. The van der Waals surface area contributed by atoms with E-state index in [0.717, 1.165) is 16.7 Å². The molecule has 0 spiro atoms. The molecule has 22 heavy (non-hydrogen) atoms. The number of halogens is 2. The fourth-order valence-corrected chi connectivity index (χ4v) is 3.34.